The van der Waals surface area contributed by atoms with Gasteiger partial charge in [0.05, 0.1) is 32.7 Å². The maximum Gasteiger partial charge on any atom is 0.187 e. The third kappa shape index (κ3) is 6.48. The lowest BCUT2D eigenvalue weighted by Crippen LogP contribution is -2.37. The van der Waals surface area contributed by atoms with Gasteiger partial charge in [0.15, 0.2) is 5.78 Å². The Morgan fingerprint density at radius 2 is 1.38 bits per heavy atom. The largest absolute Gasteiger partial charge is 0.497 e. The minimum Gasteiger partial charge on any atom is -0.497 e. The molecule has 4 aromatic rings. The molecule has 0 atom stereocenters. The molecule has 1 aromatic heterocycles. The van der Waals surface area contributed by atoms with Crippen molar-refractivity contribution >= 4 is 17.9 Å². The number of halogens is 1. The van der Waals surface area contributed by atoms with Gasteiger partial charge in [-0.2, -0.15) is 0 Å². The first-order valence-electron chi connectivity index (χ1n) is 12.6. The Balaban J connectivity index is 1.39. The van der Waals surface area contributed by atoms with E-state index in [4.69, 9.17) is 9.47 Å². The monoisotopic (exact) mass is 524 g/mol. The Bertz CT molecular complexity index is 1440. The lowest BCUT2D eigenvalue weighted by atomic mass is 9.94. The van der Waals surface area contributed by atoms with E-state index in [1.54, 1.807) is 37.1 Å². The van der Waals surface area contributed by atoms with Crippen LogP contribution in [0.1, 0.15) is 22.4 Å². The molecule has 1 saturated heterocycles. The van der Waals surface area contributed by atoms with E-state index in [1.807, 2.05) is 66.9 Å². The molecule has 1 aliphatic rings. The van der Waals surface area contributed by atoms with E-state index in [2.05, 4.69) is 15.2 Å². The number of likely N-dealkylation sites (tertiary alicyclic amines) is 1. The highest BCUT2D eigenvalue weighted by molar-refractivity contribution is 6.14. The third-order valence-corrected chi connectivity index (χ3v) is 6.55. The van der Waals surface area contributed by atoms with Crippen molar-refractivity contribution in [3.05, 3.63) is 118 Å². The highest BCUT2D eigenvalue weighted by Gasteiger charge is 2.27. The van der Waals surface area contributed by atoms with E-state index in [0.29, 0.717) is 42.9 Å². The summed E-state index contributed by atoms with van der Waals surface area (Å²) in [6.07, 6.45) is 5.66. The number of piperidine rings is 1. The van der Waals surface area contributed by atoms with E-state index >= 15 is 0 Å². The van der Waals surface area contributed by atoms with Crippen molar-refractivity contribution in [1.29, 1.82) is 0 Å². The number of hydrogen-bond acceptors (Lipinski definition) is 6. The number of carbonyl (C=O) groups is 1. The summed E-state index contributed by atoms with van der Waals surface area (Å²) in [5.74, 6) is 1.26. The maximum absolute atomic E-state index is 14.1. The quantitative estimate of drug-likeness (QED) is 0.301. The minimum atomic E-state index is -0.272. The summed E-state index contributed by atoms with van der Waals surface area (Å²) >= 11 is 0. The zero-order valence-electron chi connectivity index (χ0n) is 21.9. The van der Waals surface area contributed by atoms with Gasteiger partial charge in [0.1, 0.15) is 17.3 Å². The van der Waals surface area contributed by atoms with Crippen LogP contribution in [-0.4, -0.2) is 53.0 Å². The van der Waals surface area contributed by atoms with Gasteiger partial charge in [-0.25, -0.2) is 9.07 Å². The Labute approximate surface area is 226 Å². The third-order valence-electron chi connectivity index (χ3n) is 6.55. The topological polar surface area (TPSA) is 69.5 Å². The summed E-state index contributed by atoms with van der Waals surface area (Å²) < 4.78 is 26.2. The number of ketones is 1. The van der Waals surface area contributed by atoms with Gasteiger partial charge in [0.2, 0.25) is 0 Å². The van der Waals surface area contributed by atoms with Crippen LogP contribution in [0, 0.1) is 5.82 Å². The molecule has 3 aromatic carbocycles. The molecule has 198 valence electrons. The van der Waals surface area contributed by atoms with Crippen LogP contribution in [0.2, 0.25) is 0 Å². The zero-order valence-corrected chi connectivity index (χ0v) is 21.9. The Morgan fingerprint density at radius 3 is 1.92 bits per heavy atom. The Kier molecular flexibility index (Phi) is 7.94. The molecule has 39 heavy (non-hydrogen) atoms. The van der Waals surface area contributed by atoms with Crippen molar-refractivity contribution in [2.24, 2.45) is 0 Å². The minimum absolute atomic E-state index is 0.0149. The van der Waals surface area contributed by atoms with E-state index in [0.717, 1.165) is 28.3 Å². The van der Waals surface area contributed by atoms with E-state index < -0.39 is 0 Å². The maximum atomic E-state index is 14.1. The summed E-state index contributed by atoms with van der Waals surface area (Å²) in [5.41, 5.74) is 4.50. The van der Waals surface area contributed by atoms with Crippen molar-refractivity contribution in [3.8, 4) is 11.5 Å². The number of ether oxygens (including phenoxy) is 2. The van der Waals surface area contributed by atoms with Gasteiger partial charge >= 0.3 is 0 Å². The smallest absolute Gasteiger partial charge is 0.187 e. The molecule has 0 N–H and O–H groups in total. The molecule has 2 heterocycles. The molecule has 0 saturated carbocycles. The standard InChI is InChI=1S/C31H29FN4O3/c1-38-28-11-7-22(8-12-28)15-25-17-35(18-26(31(25)37)16-23-9-13-29(39-2)14-10-23)20-27-21-36(34-33-27)19-24-5-3-4-6-30(24)32/h3-16,21H,17-20H2,1-2H3/b25-15+,26-16+. The lowest BCUT2D eigenvalue weighted by Gasteiger charge is -2.29. The predicted octanol–water partition coefficient (Wildman–Crippen LogP) is 5.03. The second-order valence-corrected chi connectivity index (χ2v) is 9.36. The van der Waals surface area contributed by atoms with Crippen molar-refractivity contribution < 1.29 is 18.7 Å². The molecule has 1 aliphatic heterocycles. The fourth-order valence-corrected chi connectivity index (χ4v) is 4.54. The molecular formula is C31H29FN4O3. The average Bonchev–Trinajstić information content (AvgIpc) is 3.40. The number of rotatable bonds is 8. The molecular weight excluding hydrogens is 495 g/mol. The number of methoxy groups -OCH3 is 2. The summed E-state index contributed by atoms with van der Waals surface area (Å²) in [5, 5.41) is 8.50. The van der Waals surface area contributed by atoms with Gasteiger partial charge in [-0.3, -0.25) is 9.69 Å². The van der Waals surface area contributed by atoms with E-state index in [-0.39, 0.29) is 11.6 Å². The summed E-state index contributed by atoms with van der Waals surface area (Å²) in [7, 11) is 3.25. The highest BCUT2D eigenvalue weighted by Crippen LogP contribution is 2.25. The van der Waals surface area contributed by atoms with Gasteiger partial charge in [-0.05, 0) is 53.6 Å². The molecule has 0 bridgehead atoms. The number of benzene rings is 3. The molecule has 5 rings (SSSR count). The van der Waals surface area contributed by atoms with Crippen LogP contribution in [-0.2, 0) is 17.9 Å². The molecule has 1 fully saturated rings. The van der Waals surface area contributed by atoms with Crippen LogP contribution in [0.5, 0.6) is 11.5 Å². The summed E-state index contributed by atoms with van der Waals surface area (Å²) in [6.45, 7) is 1.71. The van der Waals surface area contributed by atoms with Crippen molar-refractivity contribution in [1.82, 2.24) is 19.9 Å². The molecule has 0 aliphatic carbocycles. The molecule has 0 amide bonds. The Morgan fingerprint density at radius 1 is 0.821 bits per heavy atom. The molecule has 0 unspecified atom stereocenters. The fourth-order valence-electron chi connectivity index (χ4n) is 4.54. The van der Waals surface area contributed by atoms with Crippen LogP contribution >= 0.6 is 0 Å². The van der Waals surface area contributed by atoms with Crippen molar-refractivity contribution in [2.75, 3.05) is 27.3 Å². The number of nitrogens with zero attached hydrogens (tertiary/aromatic N) is 4. The zero-order chi connectivity index (χ0) is 27.2. The highest BCUT2D eigenvalue weighted by atomic mass is 19.1. The Hall–Kier alpha value is -4.56. The first kappa shape index (κ1) is 26.1. The van der Waals surface area contributed by atoms with E-state index in [1.165, 1.54) is 6.07 Å². The second kappa shape index (κ2) is 11.9. The summed E-state index contributed by atoms with van der Waals surface area (Å²) in [4.78, 5) is 15.7. The van der Waals surface area contributed by atoms with Gasteiger partial charge < -0.3 is 9.47 Å². The van der Waals surface area contributed by atoms with Crippen LogP contribution < -0.4 is 9.47 Å². The fraction of sp³-hybridized carbons (Fsp3) is 0.194. The second-order valence-electron chi connectivity index (χ2n) is 9.36. The van der Waals surface area contributed by atoms with Crippen LogP contribution in [0.25, 0.3) is 12.2 Å². The number of aromatic nitrogens is 3. The lowest BCUT2D eigenvalue weighted by molar-refractivity contribution is -0.113. The van der Waals surface area contributed by atoms with Crippen LogP contribution in [0.15, 0.2) is 90.1 Å². The van der Waals surface area contributed by atoms with E-state index in [9.17, 15) is 9.18 Å². The predicted molar refractivity (Wildman–Crippen MR) is 148 cm³/mol. The number of hydrogen-bond donors (Lipinski definition) is 0. The first-order valence-corrected chi connectivity index (χ1v) is 12.6. The average molecular weight is 525 g/mol. The SMILES string of the molecule is COc1ccc(/C=C2\CN(Cc3cn(Cc4ccccc4F)nn3)C/C(=C\c3ccc(OC)cc3)C2=O)cc1. The summed E-state index contributed by atoms with van der Waals surface area (Å²) in [6, 6.07) is 21.9. The van der Waals surface area contributed by atoms with Gasteiger partial charge in [-0.15, -0.1) is 5.10 Å². The molecule has 7 nitrogen and oxygen atoms in total. The normalized spacial score (nSPS) is 16.1. The molecule has 0 spiro atoms. The van der Waals surface area contributed by atoms with Crippen molar-refractivity contribution in [2.45, 2.75) is 13.1 Å². The number of carbonyl (C=O) groups excluding carboxylic acids is 1. The first-order chi connectivity index (χ1) is 19.0. The van der Waals surface area contributed by atoms with Crippen LogP contribution in [0.4, 0.5) is 4.39 Å². The van der Waals surface area contributed by atoms with Crippen LogP contribution in [0.3, 0.4) is 0 Å². The number of Topliss-reactive ketones (excluding diaryl/α,β-unsaturated/α-hetero) is 1. The van der Waals surface area contributed by atoms with Gasteiger partial charge in [0.25, 0.3) is 0 Å². The molecule has 0 radical (unpaired) electrons. The van der Waals surface area contributed by atoms with Crippen molar-refractivity contribution in [3.63, 3.8) is 0 Å². The van der Waals surface area contributed by atoms with Gasteiger partial charge in [0, 0.05) is 36.3 Å². The molecule has 8 heteroatoms. The van der Waals surface area contributed by atoms with Gasteiger partial charge in [-0.1, -0.05) is 47.7 Å².